The summed E-state index contributed by atoms with van der Waals surface area (Å²) >= 11 is 0. The molecule has 4 rings (SSSR count). The molecule has 1 atom stereocenters. The first-order chi connectivity index (χ1) is 17.4. The lowest BCUT2D eigenvalue weighted by Gasteiger charge is -2.33. The van der Waals surface area contributed by atoms with Crippen LogP contribution in [-0.2, 0) is 24.2 Å². The van der Waals surface area contributed by atoms with Gasteiger partial charge in [-0.15, -0.1) is 5.10 Å². The third kappa shape index (κ3) is 5.88. The van der Waals surface area contributed by atoms with Crippen LogP contribution in [0.4, 0.5) is 0 Å². The topological polar surface area (TPSA) is 88.9 Å². The highest BCUT2D eigenvalue weighted by Crippen LogP contribution is 2.29. The SMILES string of the molecule is COCCn1nnnc1C(C(C)C)N(CCc1ccccc1)Cc1cc2cc(C)c(C)cc2[nH]c1=O. The number of hydrogen-bond acceptors (Lipinski definition) is 6. The fourth-order valence-corrected chi connectivity index (χ4v) is 4.74. The molecule has 0 fully saturated rings. The van der Waals surface area contributed by atoms with E-state index in [1.807, 2.05) is 22.9 Å². The Hall–Kier alpha value is -3.36. The van der Waals surface area contributed by atoms with Crippen molar-refractivity contribution in [2.75, 3.05) is 20.3 Å². The molecule has 1 unspecified atom stereocenters. The monoisotopic (exact) mass is 488 g/mol. The van der Waals surface area contributed by atoms with Gasteiger partial charge in [-0.2, -0.15) is 0 Å². The fourth-order valence-electron chi connectivity index (χ4n) is 4.74. The molecule has 0 aliphatic carbocycles. The summed E-state index contributed by atoms with van der Waals surface area (Å²) in [6, 6.07) is 16.6. The fraction of sp³-hybridized carbons (Fsp3) is 0.429. The number of benzene rings is 2. The molecule has 2 aromatic heterocycles. The Kier molecular flexibility index (Phi) is 8.28. The molecule has 4 aromatic rings. The Labute approximate surface area is 212 Å². The first-order valence-electron chi connectivity index (χ1n) is 12.5. The summed E-state index contributed by atoms with van der Waals surface area (Å²) < 4.78 is 7.09. The van der Waals surface area contributed by atoms with Crippen LogP contribution < -0.4 is 5.56 Å². The van der Waals surface area contributed by atoms with Crippen LogP contribution in [0.5, 0.6) is 0 Å². The molecule has 0 radical (unpaired) electrons. The standard InChI is InChI=1S/C28H36N6O2/c1-19(2)26(27-30-31-32-34(27)13-14-36-5)33(12-11-22-9-7-6-8-10-22)18-24-17-23-15-20(3)21(4)16-25(23)29-28(24)35/h6-10,15-17,19,26H,11-14,18H2,1-5H3,(H,29,35). The number of H-pyrrole nitrogens is 1. The molecule has 0 bridgehead atoms. The highest BCUT2D eigenvalue weighted by molar-refractivity contribution is 5.80. The zero-order chi connectivity index (χ0) is 25.7. The average molecular weight is 489 g/mol. The summed E-state index contributed by atoms with van der Waals surface area (Å²) in [5, 5.41) is 13.7. The lowest BCUT2D eigenvalue weighted by molar-refractivity contribution is 0.130. The van der Waals surface area contributed by atoms with E-state index in [0.29, 0.717) is 19.7 Å². The maximum Gasteiger partial charge on any atom is 0.252 e. The van der Waals surface area contributed by atoms with Crippen molar-refractivity contribution < 1.29 is 4.74 Å². The average Bonchev–Trinajstić information content (AvgIpc) is 3.31. The van der Waals surface area contributed by atoms with Gasteiger partial charge in [0.15, 0.2) is 5.82 Å². The van der Waals surface area contributed by atoms with Gasteiger partial charge in [0.25, 0.3) is 5.56 Å². The lowest BCUT2D eigenvalue weighted by atomic mass is 9.99. The highest BCUT2D eigenvalue weighted by atomic mass is 16.5. The number of hydrogen-bond donors (Lipinski definition) is 1. The molecule has 0 saturated carbocycles. The summed E-state index contributed by atoms with van der Waals surface area (Å²) in [4.78, 5) is 18.6. The van der Waals surface area contributed by atoms with Gasteiger partial charge in [0.05, 0.1) is 19.2 Å². The van der Waals surface area contributed by atoms with E-state index in [-0.39, 0.29) is 17.5 Å². The Morgan fingerprint density at radius 3 is 2.56 bits per heavy atom. The Balaban J connectivity index is 1.72. The van der Waals surface area contributed by atoms with Crippen LogP contribution in [0.2, 0.25) is 0 Å². The van der Waals surface area contributed by atoms with Gasteiger partial charge in [-0.1, -0.05) is 44.2 Å². The molecule has 1 N–H and O–H groups in total. The van der Waals surface area contributed by atoms with E-state index in [9.17, 15) is 4.79 Å². The summed E-state index contributed by atoms with van der Waals surface area (Å²) in [6.45, 7) is 10.9. The number of aryl methyl sites for hydroxylation is 2. The zero-order valence-electron chi connectivity index (χ0n) is 21.9. The Morgan fingerprint density at radius 1 is 1.08 bits per heavy atom. The molecular weight excluding hydrogens is 452 g/mol. The Morgan fingerprint density at radius 2 is 1.83 bits per heavy atom. The van der Waals surface area contributed by atoms with Crippen LogP contribution in [0.3, 0.4) is 0 Å². The number of aromatic nitrogens is 5. The molecule has 2 aromatic carbocycles. The molecule has 190 valence electrons. The van der Waals surface area contributed by atoms with Crippen molar-refractivity contribution in [2.45, 2.75) is 53.2 Å². The minimum absolute atomic E-state index is 0.0584. The van der Waals surface area contributed by atoms with Gasteiger partial charge in [-0.3, -0.25) is 9.69 Å². The Bertz CT molecular complexity index is 1350. The molecule has 0 aliphatic heterocycles. The summed E-state index contributed by atoms with van der Waals surface area (Å²) in [5.74, 6) is 1.01. The second-order valence-electron chi connectivity index (χ2n) is 9.80. The molecule has 0 aliphatic rings. The van der Waals surface area contributed by atoms with Crippen molar-refractivity contribution in [2.24, 2.45) is 5.92 Å². The van der Waals surface area contributed by atoms with E-state index in [4.69, 9.17) is 4.74 Å². The van der Waals surface area contributed by atoms with E-state index in [1.165, 1.54) is 11.1 Å². The maximum absolute atomic E-state index is 13.2. The third-order valence-corrected chi connectivity index (χ3v) is 6.80. The predicted octanol–water partition coefficient (Wildman–Crippen LogP) is 4.22. The number of nitrogens with one attached hydrogen (secondary N) is 1. The van der Waals surface area contributed by atoms with Gasteiger partial charge in [-0.05, 0) is 76.9 Å². The molecule has 8 heteroatoms. The van der Waals surface area contributed by atoms with Crippen molar-refractivity contribution in [3.63, 3.8) is 0 Å². The molecular formula is C28H36N6O2. The molecule has 36 heavy (non-hydrogen) atoms. The van der Waals surface area contributed by atoms with E-state index in [1.54, 1.807) is 7.11 Å². The summed E-state index contributed by atoms with van der Waals surface area (Å²) in [5.41, 5.74) is 5.17. The van der Waals surface area contributed by atoms with E-state index >= 15 is 0 Å². The van der Waals surface area contributed by atoms with Crippen molar-refractivity contribution in [1.29, 1.82) is 0 Å². The molecule has 8 nitrogen and oxygen atoms in total. The molecule has 0 amide bonds. The van der Waals surface area contributed by atoms with E-state index < -0.39 is 0 Å². The van der Waals surface area contributed by atoms with Crippen LogP contribution in [0, 0.1) is 19.8 Å². The first-order valence-corrected chi connectivity index (χ1v) is 12.5. The number of pyridine rings is 1. The number of nitrogens with zero attached hydrogens (tertiary/aromatic N) is 5. The maximum atomic E-state index is 13.2. The highest BCUT2D eigenvalue weighted by Gasteiger charge is 2.29. The number of fused-ring (bicyclic) bond motifs is 1. The van der Waals surface area contributed by atoms with Crippen molar-refractivity contribution in [3.05, 3.63) is 87.0 Å². The van der Waals surface area contributed by atoms with Crippen molar-refractivity contribution in [1.82, 2.24) is 30.1 Å². The molecule has 0 saturated heterocycles. The first kappa shape index (κ1) is 25.7. The van der Waals surface area contributed by atoms with Gasteiger partial charge in [0, 0.05) is 31.3 Å². The van der Waals surface area contributed by atoms with Gasteiger partial charge < -0.3 is 9.72 Å². The van der Waals surface area contributed by atoms with Crippen LogP contribution in [0.15, 0.2) is 53.3 Å². The lowest BCUT2D eigenvalue weighted by Crippen LogP contribution is -2.37. The van der Waals surface area contributed by atoms with Crippen LogP contribution >= 0.6 is 0 Å². The predicted molar refractivity (Wildman–Crippen MR) is 142 cm³/mol. The van der Waals surface area contributed by atoms with Crippen molar-refractivity contribution >= 4 is 10.9 Å². The number of ether oxygens (including phenoxy) is 1. The number of rotatable bonds is 11. The second-order valence-corrected chi connectivity index (χ2v) is 9.80. The number of aromatic amines is 1. The van der Waals surface area contributed by atoms with Gasteiger partial charge in [0.2, 0.25) is 0 Å². The van der Waals surface area contributed by atoms with Crippen LogP contribution in [0.1, 0.15) is 48.0 Å². The number of tetrazole rings is 1. The van der Waals surface area contributed by atoms with E-state index in [0.717, 1.165) is 40.8 Å². The molecule has 2 heterocycles. The normalized spacial score (nSPS) is 12.6. The third-order valence-electron chi connectivity index (χ3n) is 6.80. The van der Waals surface area contributed by atoms with Crippen LogP contribution in [-0.4, -0.2) is 50.4 Å². The smallest absolute Gasteiger partial charge is 0.252 e. The number of methoxy groups -OCH3 is 1. The summed E-state index contributed by atoms with van der Waals surface area (Å²) in [6.07, 6.45) is 0.855. The van der Waals surface area contributed by atoms with Gasteiger partial charge >= 0.3 is 0 Å². The quantitative estimate of drug-likeness (QED) is 0.340. The van der Waals surface area contributed by atoms with Crippen LogP contribution in [0.25, 0.3) is 10.9 Å². The largest absolute Gasteiger partial charge is 0.383 e. The minimum Gasteiger partial charge on any atom is -0.383 e. The van der Waals surface area contributed by atoms with Crippen molar-refractivity contribution in [3.8, 4) is 0 Å². The zero-order valence-corrected chi connectivity index (χ0v) is 21.9. The second kappa shape index (κ2) is 11.6. The molecule has 0 spiro atoms. The minimum atomic E-state index is -0.0737. The van der Waals surface area contributed by atoms with E-state index in [2.05, 4.69) is 83.4 Å². The van der Waals surface area contributed by atoms with Gasteiger partial charge in [0.1, 0.15) is 0 Å². The van der Waals surface area contributed by atoms with Gasteiger partial charge in [-0.25, -0.2) is 4.68 Å². The summed E-state index contributed by atoms with van der Waals surface area (Å²) in [7, 11) is 1.67.